The molecule has 0 aromatic heterocycles. The highest BCUT2D eigenvalue weighted by molar-refractivity contribution is 7.99. The van der Waals surface area contributed by atoms with E-state index in [1.54, 1.807) is 0 Å². The average molecular weight is 187 g/mol. The third-order valence-electron chi connectivity index (χ3n) is 2.50. The van der Waals surface area contributed by atoms with Crippen LogP contribution in [-0.2, 0) is 0 Å². The van der Waals surface area contributed by atoms with Crippen LogP contribution in [0.1, 0.15) is 32.6 Å². The van der Waals surface area contributed by atoms with Crippen LogP contribution in [0.25, 0.3) is 0 Å². The van der Waals surface area contributed by atoms with Crippen molar-refractivity contribution in [2.24, 2.45) is 5.92 Å². The lowest BCUT2D eigenvalue weighted by molar-refractivity contribution is 0.302. The van der Waals surface area contributed by atoms with Gasteiger partial charge in [0.15, 0.2) is 0 Å². The normalized spacial score (nSPS) is 17.8. The molecule has 72 valence electrons. The molecular formula is C10H21NS. The molecule has 1 nitrogen and oxygen atoms in total. The van der Waals surface area contributed by atoms with E-state index in [4.69, 9.17) is 0 Å². The van der Waals surface area contributed by atoms with Crippen molar-refractivity contribution in [3.05, 3.63) is 0 Å². The van der Waals surface area contributed by atoms with Crippen molar-refractivity contribution < 1.29 is 0 Å². The zero-order chi connectivity index (χ0) is 8.65. The molecule has 0 unspecified atom stereocenters. The van der Waals surface area contributed by atoms with Crippen molar-refractivity contribution in [1.82, 2.24) is 5.32 Å². The highest BCUT2D eigenvalue weighted by Crippen LogP contribution is 2.24. The van der Waals surface area contributed by atoms with E-state index in [0.717, 1.165) is 5.92 Å². The molecule has 0 aliphatic heterocycles. The molecule has 0 spiro atoms. The van der Waals surface area contributed by atoms with E-state index < -0.39 is 0 Å². The quantitative estimate of drug-likeness (QED) is 0.615. The summed E-state index contributed by atoms with van der Waals surface area (Å²) in [5, 5.41) is 3.53. The van der Waals surface area contributed by atoms with E-state index in [0.29, 0.717) is 0 Å². The van der Waals surface area contributed by atoms with Crippen LogP contribution in [0, 0.1) is 5.92 Å². The Morgan fingerprint density at radius 1 is 1.42 bits per heavy atom. The van der Waals surface area contributed by atoms with E-state index in [-0.39, 0.29) is 0 Å². The fourth-order valence-corrected chi connectivity index (χ4v) is 2.08. The van der Waals surface area contributed by atoms with Crippen LogP contribution in [-0.4, -0.2) is 24.6 Å². The Kier molecular flexibility index (Phi) is 5.88. The summed E-state index contributed by atoms with van der Waals surface area (Å²) in [6, 6.07) is 0. The van der Waals surface area contributed by atoms with Crippen LogP contribution in [0.5, 0.6) is 0 Å². The molecule has 1 N–H and O–H groups in total. The molecular weight excluding hydrogens is 166 g/mol. The maximum atomic E-state index is 3.53. The van der Waals surface area contributed by atoms with Gasteiger partial charge in [-0.05, 0) is 49.8 Å². The lowest BCUT2D eigenvalue weighted by Gasteiger charge is -2.25. The highest BCUT2D eigenvalue weighted by Gasteiger charge is 2.15. The van der Waals surface area contributed by atoms with Gasteiger partial charge in [-0.2, -0.15) is 11.8 Å². The van der Waals surface area contributed by atoms with Crippen molar-refractivity contribution >= 4 is 11.8 Å². The molecule has 0 bridgehead atoms. The SMILES string of the molecule is CCSCCCNCC1CCC1. The standard InChI is InChI=1S/C10H21NS/c1-2-12-8-4-7-11-9-10-5-3-6-10/h10-11H,2-9H2,1H3. The smallest absolute Gasteiger partial charge is 0.00205 e. The van der Waals surface area contributed by atoms with Gasteiger partial charge in [0.05, 0.1) is 0 Å². The first-order valence-electron chi connectivity index (χ1n) is 5.22. The Balaban J connectivity index is 1.70. The first-order chi connectivity index (χ1) is 5.93. The average Bonchev–Trinajstić information content (AvgIpc) is 2.00. The summed E-state index contributed by atoms with van der Waals surface area (Å²) >= 11 is 2.05. The first-order valence-corrected chi connectivity index (χ1v) is 6.37. The van der Waals surface area contributed by atoms with Gasteiger partial charge in [0.1, 0.15) is 0 Å². The van der Waals surface area contributed by atoms with Crippen LogP contribution < -0.4 is 5.32 Å². The summed E-state index contributed by atoms with van der Waals surface area (Å²) in [5.74, 6) is 3.61. The third kappa shape index (κ3) is 4.36. The first kappa shape index (κ1) is 10.4. The van der Waals surface area contributed by atoms with Crippen LogP contribution >= 0.6 is 11.8 Å². The summed E-state index contributed by atoms with van der Waals surface area (Å²) in [5.41, 5.74) is 0. The minimum absolute atomic E-state index is 1.02. The predicted molar refractivity (Wildman–Crippen MR) is 57.8 cm³/mol. The minimum Gasteiger partial charge on any atom is -0.316 e. The van der Waals surface area contributed by atoms with Gasteiger partial charge in [-0.3, -0.25) is 0 Å². The highest BCUT2D eigenvalue weighted by atomic mass is 32.2. The second-order valence-corrected chi connectivity index (χ2v) is 4.95. The number of hydrogen-bond donors (Lipinski definition) is 1. The van der Waals surface area contributed by atoms with Gasteiger partial charge in [-0.1, -0.05) is 13.3 Å². The molecule has 0 saturated heterocycles. The summed E-state index contributed by atoms with van der Waals surface area (Å²) in [7, 11) is 0. The van der Waals surface area contributed by atoms with E-state index in [2.05, 4.69) is 12.2 Å². The molecule has 1 saturated carbocycles. The number of thioether (sulfide) groups is 1. The largest absolute Gasteiger partial charge is 0.316 e. The molecule has 0 amide bonds. The number of hydrogen-bond acceptors (Lipinski definition) is 2. The third-order valence-corrected chi connectivity index (χ3v) is 3.49. The molecule has 0 atom stereocenters. The zero-order valence-corrected chi connectivity index (χ0v) is 8.96. The Bertz CT molecular complexity index is 102. The summed E-state index contributed by atoms with van der Waals surface area (Å²) in [6.45, 7) is 4.73. The van der Waals surface area contributed by atoms with Crippen LogP contribution in [0.3, 0.4) is 0 Å². The van der Waals surface area contributed by atoms with Gasteiger partial charge in [-0.25, -0.2) is 0 Å². The topological polar surface area (TPSA) is 12.0 Å². The molecule has 12 heavy (non-hydrogen) atoms. The maximum absolute atomic E-state index is 3.53. The van der Waals surface area contributed by atoms with Gasteiger partial charge < -0.3 is 5.32 Å². The van der Waals surface area contributed by atoms with E-state index >= 15 is 0 Å². The van der Waals surface area contributed by atoms with Crippen molar-refractivity contribution in [1.29, 1.82) is 0 Å². The van der Waals surface area contributed by atoms with Crippen molar-refractivity contribution in [3.8, 4) is 0 Å². The molecule has 0 aromatic carbocycles. The minimum atomic E-state index is 1.02. The summed E-state index contributed by atoms with van der Waals surface area (Å²) < 4.78 is 0. The molecule has 2 heteroatoms. The summed E-state index contributed by atoms with van der Waals surface area (Å²) in [6.07, 6.45) is 5.75. The fraction of sp³-hybridized carbons (Fsp3) is 1.00. The second-order valence-electron chi connectivity index (χ2n) is 3.55. The van der Waals surface area contributed by atoms with Crippen molar-refractivity contribution in [2.75, 3.05) is 24.6 Å². The van der Waals surface area contributed by atoms with Gasteiger partial charge in [0.25, 0.3) is 0 Å². The zero-order valence-electron chi connectivity index (χ0n) is 8.14. The fourth-order valence-electron chi connectivity index (χ4n) is 1.45. The van der Waals surface area contributed by atoms with E-state index in [1.807, 2.05) is 11.8 Å². The Hall–Kier alpha value is 0.310. The molecule has 1 aliphatic carbocycles. The van der Waals surface area contributed by atoms with Crippen molar-refractivity contribution in [2.45, 2.75) is 32.6 Å². The monoisotopic (exact) mass is 187 g/mol. The Labute approximate surface area is 80.7 Å². The van der Waals surface area contributed by atoms with E-state index in [9.17, 15) is 0 Å². The second kappa shape index (κ2) is 6.79. The molecule has 0 aromatic rings. The van der Waals surface area contributed by atoms with Gasteiger partial charge in [0, 0.05) is 0 Å². The lowest BCUT2D eigenvalue weighted by Crippen LogP contribution is -2.28. The van der Waals surface area contributed by atoms with Crippen molar-refractivity contribution in [3.63, 3.8) is 0 Å². The summed E-state index contributed by atoms with van der Waals surface area (Å²) in [4.78, 5) is 0. The van der Waals surface area contributed by atoms with Crippen LogP contribution in [0.15, 0.2) is 0 Å². The van der Waals surface area contributed by atoms with Gasteiger partial charge in [-0.15, -0.1) is 0 Å². The van der Waals surface area contributed by atoms with Crippen LogP contribution in [0.4, 0.5) is 0 Å². The Morgan fingerprint density at radius 3 is 2.83 bits per heavy atom. The molecule has 1 rings (SSSR count). The number of rotatable bonds is 7. The van der Waals surface area contributed by atoms with E-state index in [1.165, 1.54) is 50.3 Å². The lowest BCUT2D eigenvalue weighted by atomic mass is 9.85. The van der Waals surface area contributed by atoms with Crippen LogP contribution in [0.2, 0.25) is 0 Å². The van der Waals surface area contributed by atoms with Gasteiger partial charge >= 0.3 is 0 Å². The molecule has 0 radical (unpaired) electrons. The molecule has 1 fully saturated rings. The number of nitrogens with one attached hydrogen (secondary N) is 1. The predicted octanol–water partition coefficient (Wildman–Crippen LogP) is 2.52. The maximum Gasteiger partial charge on any atom is -0.00205 e. The van der Waals surface area contributed by atoms with Gasteiger partial charge in [0.2, 0.25) is 0 Å². The molecule has 1 aliphatic rings. The molecule has 0 heterocycles. The Morgan fingerprint density at radius 2 is 2.25 bits per heavy atom.